The molecule has 0 saturated heterocycles. The molecular formula is C25H54NO4P. The third-order valence-electron chi connectivity index (χ3n) is 6.93. The first-order chi connectivity index (χ1) is 14.7. The van der Waals surface area contributed by atoms with Gasteiger partial charge < -0.3 is 18.4 Å². The van der Waals surface area contributed by atoms with Crippen molar-refractivity contribution < 1.29 is 23.0 Å². The molecule has 0 rings (SSSR count). The van der Waals surface area contributed by atoms with Gasteiger partial charge >= 0.3 is 0 Å². The number of phosphoric ester groups is 1. The first-order valence-corrected chi connectivity index (χ1v) is 14.6. The normalized spacial score (nSPS) is 14.5. The maximum atomic E-state index is 12.0. The lowest BCUT2D eigenvalue weighted by atomic mass is 10.0. The van der Waals surface area contributed by atoms with Crippen molar-refractivity contribution in [3.05, 3.63) is 0 Å². The van der Waals surface area contributed by atoms with Crippen molar-refractivity contribution in [1.29, 1.82) is 0 Å². The van der Waals surface area contributed by atoms with E-state index in [1.165, 1.54) is 70.6 Å². The van der Waals surface area contributed by atoms with E-state index in [0.717, 1.165) is 23.7 Å². The van der Waals surface area contributed by atoms with E-state index in [2.05, 4.69) is 41.7 Å². The van der Waals surface area contributed by atoms with E-state index in [9.17, 15) is 9.46 Å². The Balaban J connectivity index is 3.60. The minimum atomic E-state index is -4.19. The summed E-state index contributed by atoms with van der Waals surface area (Å²) in [5.41, 5.74) is 0. The molecule has 0 N–H and O–H groups in total. The number of unbranched alkanes of at least 4 members (excludes halogenated alkanes) is 13. The summed E-state index contributed by atoms with van der Waals surface area (Å²) < 4.78 is 22.9. The standard InChI is InChI=1S/C25H54NO4P/c1-7-8-9-10-11-12-13-14-15-16-17-18-19-20-22-29-31(27,28)30-23-21-26(6,24(2)3)25(4)5/h24-25H,7-23H2,1-6H3. The van der Waals surface area contributed by atoms with Crippen LogP contribution in [0.5, 0.6) is 0 Å². The van der Waals surface area contributed by atoms with Gasteiger partial charge in [0.2, 0.25) is 0 Å². The number of hydrogen-bond acceptors (Lipinski definition) is 4. The van der Waals surface area contributed by atoms with Crippen LogP contribution in [0, 0.1) is 0 Å². The second-order valence-electron chi connectivity index (χ2n) is 9.97. The Labute approximate surface area is 194 Å². The summed E-state index contributed by atoms with van der Waals surface area (Å²) in [6, 6.07) is 0.817. The van der Waals surface area contributed by atoms with Crippen molar-refractivity contribution in [2.24, 2.45) is 0 Å². The van der Waals surface area contributed by atoms with Crippen LogP contribution in [0.1, 0.15) is 125 Å². The smallest absolute Gasteiger partial charge is 0.268 e. The topological polar surface area (TPSA) is 58.6 Å². The number of hydrogen-bond donors (Lipinski definition) is 0. The van der Waals surface area contributed by atoms with Crippen LogP contribution < -0.4 is 4.89 Å². The highest BCUT2D eigenvalue weighted by Gasteiger charge is 2.29. The highest BCUT2D eigenvalue weighted by atomic mass is 31.2. The van der Waals surface area contributed by atoms with Crippen molar-refractivity contribution >= 4 is 7.82 Å². The largest absolute Gasteiger partial charge is 0.756 e. The van der Waals surface area contributed by atoms with Gasteiger partial charge in [0.25, 0.3) is 7.82 Å². The average Bonchev–Trinajstić information content (AvgIpc) is 2.70. The highest BCUT2D eigenvalue weighted by molar-refractivity contribution is 7.45. The number of phosphoric acid groups is 1. The van der Waals surface area contributed by atoms with Crippen LogP contribution in [0.25, 0.3) is 0 Å². The molecule has 0 aliphatic carbocycles. The molecule has 0 aliphatic rings. The van der Waals surface area contributed by atoms with E-state index in [-0.39, 0.29) is 13.2 Å². The summed E-state index contributed by atoms with van der Waals surface area (Å²) in [6.45, 7) is 12.0. The summed E-state index contributed by atoms with van der Waals surface area (Å²) in [4.78, 5) is 12.0. The Hall–Kier alpha value is 0.0700. The summed E-state index contributed by atoms with van der Waals surface area (Å²) in [7, 11) is -2.04. The van der Waals surface area contributed by atoms with Crippen LogP contribution in [0.4, 0.5) is 0 Å². The Kier molecular flexibility index (Phi) is 18.5. The fraction of sp³-hybridized carbons (Fsp3) is 1.00. The van der Waals surface area contributed by atoms with Gasteiger partial charge in [-0.15, -0.1) is 0 Å². The molecule has 0 bridgehead atoms. The van der Waals surface area contributed by atoms with Crippen LogP contribution >= 0.6 is 7.82 Å². The Morgan fingerprint density at radius 3 is 1.42 bits per heavy atom. The molecule has 0 radical (unpaired) electrons. The molecule has 0 heterocycles. The number of rotatable bonds is 22. The molecule has 6 heteroatoms. The molecule has 0 aromatic carbocycles. The Morgan fingerprint density at radius 1 is 0.677 bits per heavy atom. The number of quaternary nitrogens is 1. The van der Waals surface area contributed by atoms with Gasteiger partial charge in [0.05, 0.1) is 25.7 Å². The lowest BCUT2D eigenvalue weighted by Crippen LogP contribution is -2.56. The minimum absolute atomic E-state index is 0.173. The van der Waals surface area contributed by atoms with E-state index in [4.69, 9.17) is 9.05 Å². The summed E-state index contributed by atoms with van der Waals surface area (Å²) >= 11 is 0. The van der Waals surface area contributed by atoms with Gasteiger partial charge in [-0.25, -0.2) is 0 Å². The number of likely N-dealkylation sites (N-methyl/N-ethyl adjacent to an activating group) is 1. The molecule has 31 heavy (non-hydrogen) atoms. The van der Waals surface area contributed by atoms with Gasteiger partial charge in [-0.3, -0.25) is 4.57 Å². The van der Waals surface area contributed by atoms with Crippen LogP contribution in [0.15, 0.2) is 0 Å². The molecule has 188 valence electrons. The molecule has 0 aromatic rings. The van der Waals surface area contributed by atoms with E-state index in [1.807, 2.05) is 0 Å². The van der Waals surface area contributed by atoms with Gasteiger partial charge in [-0.2, -0.15) is 0 Å². The van der Waals surface area contributed by atoms with E-state index in [0.29, 0.717) is 18.6 Å². The van der Waals surface area contributed by atoms with Gasteiger partial charge in [0.1, 0.15) is 13.2 Å². The van der Waals surface area contributed by atoms with Gasteiger partial charge in [-0.05, 0) is 34.1 Å². The Morgan fingerprint density at radius 2 is 1.03 bits per heavy atom. The SMILES string of the molecule is CCCCCCCCCCCCCCCCOP(=O)([O-])OCC[N+](C)(C(C)C)C(C)C. The monoisotopic (exact) mass is 463 g/mol. The van der Waals surface area contributed by atoms with Crippen molar-refractivity contribution in [3.8, 4) is 0 Å². The molecule has 5 nitrogen and oxygen atoms in total. The van der Waals surface area contributed by atoms with Crippen molar-refractivity contribution in [2.75, 3.05) is 26.8 Å². The van der Waals surface area contributed by atoms with Gasteiger partial charge in [-0.1, -0.05) is 90.4 Å². The van der Waals surface area contributed by atoms with Crippen molar-refractivity contribution in [3.63, 3.8) is 0 Å². The fourth-order valence-corrected chi connectivity index (χ4v) is 4.70. The summed E-state index contributed by atoms with van der Waals surface area (Å²) in [5, 5.41) is 0. The molecule has 1 unspecified atom stereocenters. The van der Waals surface area contributed by atoms with Crippen LogP contribution in [0.2, 0.25) is 0 Å². The Bertz CT molecular complexity index is 449. The molecule has 0 aliphatic heterocycles. The predicted octanol–water partition coefficient (Wildman–Crippen LogP) is 7.23. The predicted molar refractivity (Wildman–Crippen MR) is 131 cm³/mol. The lowest BCUT2D eigenvalue weighted by molar-refractivity contribution is -0.949. The first-order valence-electron chi connectivity index (χ1n) is 13.1. The second kappa shape index (κ2) is 18.5. The zero-order chi connectivity index (χ0) is 23.6. The molecule has 0 fully saturated rings. The van der Waals surface area contributed by atoms with Gasteiger partial charge in [0.15, 0.2) is 0 Å². The molecular weight excluding hydrogens is 409 g/mol. The molecule has 0 amide bonds. The van der Waals surface area contributed by atoms with E-state index < -0.39 is 7.82 Å². The quantitative estimate of drug-likeness (QED) is 0.0965. The van der Waals surface area contributed by atoms with E-state index >= 15 is 0 Å². The minimum Gasteiger partial charge on any atom is -0.756 e. The zero-order valence-corrected chi connectivity index (χ0v) is 22.6. The highest BCUT2D eigenvalue weighted by Crippen LogP contribution is 2.38. The third-order valence-corrected chi connectivity index (χ3v) is 7.93. The number of nitrogens with zero attached hydrogens (tertiary/aromatic N) is 1. The van der Waals surface area contributed by atoms with Crippen molar-refractivity contribution in [1.82, 2.24) is 0 Å². The maximum Gasteiger partial charge on any atom is 0.268 e. The van der Waals surface area contributed by atoms with Crippen LogP contribution in [0.3, 0.4) is 0 Å². The second-order valence-corrected chi connectivity index (χ2v) is 11.4. The van der Waals surface area contributed by atoms with Crippen LogP contribution in [-0.4, -0.2) is 43.4 Å². The molecule has 0 saturated carbocycles. The molecule has 1 atom stereocenters. The molecule has 0 aromatic heterocycles. The van der Waals surface area contributed by atoms with Crippen LogP contribution in [-0.2, 0) is 13.6 Å². The maximum absolute atomic E-state index is 12.0. The van der Waals surface area contributed by atoms with E-state index in [1.54, 1.807) is 0 Å². The summed E-state index contributed by atoms with van der Waals surface area (Å²) in [6.07, 6.45) is 17.9. The summed E-state index contributed by atoms with van der Waals surface area (Å²) in [5.74, 6) is 0. The first kappa shape index (κ1) is 31.1. The third kappa shape index (κ3) is 16.3. The van der Waals surface area contributed by atoms with Gasteiger partial charge in [0, 0.05) is 0 Å². The lowest BCUT2D eigenvalue weighted by Gasteiger charge is -2.42. The average molecular weight is 464 g/mol. The fourth-order valence-electron chi connectivity index (χ4n) is 3.97. The molecule has 0 spiro atoms. The zero-order valence-electron chi connectivity index (χ0n) is 21.7. The van der Waals surface area contributed by atoms with Crippen molar-refractivity contribution in [2.45, 2.75) is 137 Å².